The predicted molar refractivity (Wildman–Crippen MR) is 343 cm³/mol. The van der Waals surface area contributed by atoms with Crippen molar-refractivity contribution in [3.05, 3.63) is 104 Å². The average Bonchev–Trinajstić information content (AvgIpc) is 1.74. The zero-order valence-corrected chi connectivity index (χ0v) is 55.1. The van der Waals surface area contributed by atoms with Crippen molar-refractivity contribution in [3.8, 4) is 5.75 Å². The van der Waals surface area contributed by atoms with Crippen LogP contribution in [0.4, 0.5) is 29.0 Å². The first-order valence-electron chi connectivity index (χ1n) is 27.5. The second kappa shape index (κ2) is 36.7. The van der Waals surface area contributed by atoms with E-state index >= 15 is 0 Å². The maximum absolute atomic E-state index is 12.7. The Morgan fingerprint density at radius 1 is 0.953 bits per heavy atom. The van der Waals surface area contributed by atoms with Crippen LogP contribution in [0.1, 0.15) is 97.3 Å². The molecule has 6 N–H and O–H groups in total. The van der Waals surface area contributed by atoms with E-state index < -0.39 is 30.2 Å². The Balaban J connectivity index is 0.000000291. The molecule has 4 amide bonds. The number of carbonyl (C=O) groups excluding carboxylic acids is 5. The first-order chi connectivity index (χ1) is 40.5. The monoisotopic (exact) mass is 1330 g/mol. The maximum atomic E-state index is 12.7. The second-order valence-electron chi connectivity index (χ2n) is 19.9. The quantitative estimate of drug-likeness (QED) is 0.0192. The van der Waals surface area contributed by atoms with Gasteiger partial charge in [0.1, 0.15) is 29.3 Å². The van der Waals surface area contributed by atoms with Crippen molar-refractivity contribution in [3.63, 3.8) is 0 Å². The minimum absolute atomic E-state index is 0.0223. The number of imide groups is 1. The van der Waals surface area contributed by atoms with Gasteiger partial charge in [0.05, 0.1) is 42.4 Å². The third-order valence-corrected chi connectivity index (χ3v) is 15.0. The number of carboxylic acids is 1. The summed E-state index contributed by atoms with van der Waals surface area (Å²) in [4.78, 5) is 95.4. The Morgan fingerprint density at radius 3 is 2.13 bits per heavy atom. The predicted octanol–water partition coefficient (Wildman–Crippen LogP) is 11.5. The van der Waals surface area contributed by atoms with Gasteiger partial charge in [-0.15, -0.1) is 11.6 Å². The average molecular weight is 1330 g/mol. The topological polar surface area (TPSA) is 286 Å². The Kier molecular flexibility index (Phi) is 31.8. The van der Waals surface area contributed by atoms with Crippen LogP contribution in [0.5, 0.6) is 5.75 Å². The number of ether oxygens (including phenoxy) is 3. The minimum Gasteiger partial charge on any atom is -0.489 e. The van der Waals surface area contributed by atoms with E-state index in [0.29, 0.717) is 71.1 Å². The standard InChI is InChI=1S/C19H17Cl2NO4.C15H22ClNO2.C11H11Cl2NO2.C8H14ClN5.C5H12NO4P/c1-2-26-19(25)16(21)10-11-9-12(7-8-15(11)20)22-17(23)13-5-3-4-6-14(13)18(22)24;1-5-13-8-6-7-11(2)15(13)17(14(18)9-16)12(3)10-19-4;1-7-6-16-9-5-3-2-4-8(9)14(7)11(15)10(12)13;1-4-10-7-12-6(9)13-8(14-7)11-5(2)3;1-11(9,10)3-2-4(6)5(7)8/h7-10H,2-6H2,1H3;6-8,12H,5,9-10H2,1-4H3;2-5,7,10H,6H2,1H3;5H,4H2,1-3H3,(H2,10,11,12,13,14);4H,2-3,6H2,1H3,(H,7,8)(H,9,10)/b16-10-;;;;. The fourth-order valence-corrected chi connectivity index (χ4v) is 10.2. The smallest absolute Gasteiger partial charge is 0.349 e. The van der Waals surface area contributed by atoms with E-state index in [1.165, 1.54) is 17.6 Å². The largest absolute Gasteiger partial charge is 0.489 e. The van der Waals surface area contributed by atoms with Crippen molar-refractivity contribution in [1.82, 2.24) is 15.0 Å². The zero-order valence-electron chi connectivity index (χ0n) is 49.7. The first-order valence-corrected chi connectivity index (χ1v) is 32.3. The molecule has 2 aliphatic heterocycles. The number of nitrogens with zero attached hydrogens (tertiary/aromatic N) is 6. The number of methoxy groups -OCH3 is 1. The van der Waals surface area contributed by atoms with Crippen molar-refractivity contribution in [2.24, 2.45) is 5.73 Å². The number of benzene rings is 3. The Bertz CT molecular complexity index is 3070. The lowest BCUT2D eigenvalue weighted by Crippen LogP contribution is -2.47. The summed E-state index contributed by atoms with van der Waals surface area (Å²) in [6.07, 6.45) is 5.33. The highest BCUT2D eigenvalue weighted by atomic mass is 35.5. The number of esters is 1. The lowest BCUT2D eigenvalue weighted by molar-refractivity contribution is -0.139. The summed E-state index contributed by atoms with van der Waals surface area (Å²) in [5.74, 6) is -1.11. The van der Waals surface area contributed by atoms with Crippen molar-refractivity contribution in [1.29, 1.82) is 0 Å². The molecular formula is C58H76Cl6N9O12P. The Labute approximate surface area is 532 Å². The Morgan fingerprint density at radius 2 is 1.58 bits per heavy atom. The van der Waals surface area contributed by atoms with Crippen LogP contribution < -0.4 is 35.8 Å². The lowest BCUT2D eigenvalue weighted by Gasteiger charge is -2.35. The number of hydrogen-bond acceptors (Lipinski definition) is 16. The van der Waals surface area contributed by atoms with E-state index in [4.69, 9.17) is 99.5 Å². The van der Waals surface area contributed by atoms with Crippen LogP contribution in [0.3, 0.4) is 0 Å². The molecule has 4 atom stereocenters. The zero-order chi connectivity index (χ0) is 64.6. The molecule has 21 nitrogen and oxygen atoms in total. The molecule has 7 rings (SSSR count). The van der Waals surface area contributed by atoms with E-state index in [-0.39, 0.29) is 77.1 Å². The van der Waals surface area contributed by atoms with Crippen LogP contribution in [0.25, 0.3) is 6.08 Å². The van der Waals surface area contributed by atoms with Gasteiger partial charge in [-0.2, -0.15) is 15.0 Å². The van der Waals surface area contributed by atoms with E-state index in [1.54, 1.807) is 42.0 Å². The Hall–Kier alpha value is -5.58. The number of aromatic nitrogens is 3. The molecule has 1 aromatic heterocycles. The minimum atomic E-state index is -3.10. The summed E-state index contributed by atoms with van der Waals surface area (Å²) in [6, 6.07) is 17.3. The number of aliphatic carboxylic acids is 1. The van der Waals surface area contributed by atoms with E-state index in [0.717, 1.165) is 48.3 Å². The fraction of sp³-hybridized carbons (Fsp3) is 0.466. The number of nitrogens with two attached hydrogens (primary N) is 1. The number of halogens is 6. The molecule has 0 saturated carbocycles. The van der Waals surface area contributed by atoms with Crippen LogP contribution >= 0.6 is 77.0 Å². The van der Waals surface area contributed by atoms with Gasteiger partial charge in [0.25, 0.3) is 17.7 Å². The van der Waals surface area contributed by atoms with Crippen molar-refractivity contribution in [2.75, 3.05) is 77.5 Å². The number of para-hydroxylation sites is 3. The summed E-state index contributed by atoms with van der Waals surface area (Å²) in [5.41, 5.74) is 11.1. The summed E-state index contributed by atoms with van der Waals surface area (Å²) in [7, 11) is -1.47. The molecule has 472 valence electrons. The number of fused-ring (bicyclic) bond motifs is 1. The number of alkyl halides is 3. The van der Waals surface area contributed by atoms with Crippen LogP contribution in [-0.2, 0) is 49.2 Å². The van der Waals surface area contributed by atoms with E-state index in [9.17, 15) is 33.3 Å². The number of aryl methyl sites for hydroxylation is 2. The van der Waals surface area contributed by atoms with Gasteiger partial charge in [-0.3, -0.25) is 28.5 Å². The van der Waals surface area contributed by atoms with Crippen molar-refractivity contribution >= 4 is 148 Å². The van der Waals surface area contributed by atoms with E-state index in [1.807, 2.05) is 77.9 Å². The molecular weight excluding hydrogens is 1260 g/mol. The molecule has 4 aromatic rings. The van der Waals surface area contributed by atoms with Crippen molar-refractivity contribution in [2.45, 2.75) is 123 Å². The molecule has 0 radical (unpaired) electrons. The SMILES string of the molecule is CC1COc2ccccc2N1C(=O)C(Cl)Cl.CCNc1nc(Cl)nc(NC(C)C)n1.CCOC(=O)/C(Cl)=C/c1cc(N2C(=O)C3=C(CCCC3)C2=O)ccc1Cl.CCc1cccc(C)c1N(C(=O)CCl)C(C)COC.CP(=O)(O)CCC(N)C(=O)O. The van der Waals surface area contributed by atoms with Gasteiger partial charge in [0.15, 0.2) is 12.2 Å². The summed E-state index contributed by atoms with van der Waals surface area (Å²) in [5, 5.41) is 14.7. The highest BCUT2D eigenvalue weighted by Crippen LogP contribution is 2.39. The number of nitrogens with one attached hydrogen (secondary N) is 2. The number of rotatable bonds is 19. The molecule has 28 heteroatoms. The van der Waals surface area contributed by atoms with Gasteiger partial charge in [0.2, 0.25) is 23.1 Å². The molecule has 86 heavy (non-hydrogen) atoms. The number of carbonyl (C=O) groups is 6. The summed E-state index contributed by atoms with van der Waals surface area (Å²) < 4.78 is 26.2. The fourth-order valence-electron chi connectivity index (χ4n) is 8.62. The molecule has 1 aliphatic carbocycles. The number of carboxylic acid groups (broad SMARTS) is 1. The highest BCUT2D eigenvalue weighted by Gasteiger charge is 2.40. The third-order valence-electron chi connectivity index (χ3n) is 12.6. The molecule has 4 unspecified atom stereocenters. The molecule has 0 bridgehead atoms. The van der Waals surface area contributed by atoms with Gasteiger partial charge >= 0.3 is 11.9 Å². The van der Waals surface area contributed by atoms with Gasteiger partial charge < -0.3 is 50.4 Å². The van der Waals surface area contributed by atoms with Gasteiger partial charge in [-0.25, -0.2) is 9.69 Å². The van der Waals surface area contributed by atoms with Crippen LogP contribution in [0, 0.1) is 6.92 Å². The molecule has 0 saturated heterocycles. The molecule has 3 heterocycles. The number of hydrogen-bond donors (Lipinski definition) is 5. The summed E-state index contributed by atoms with van der Waals surface area (Å²) in [6.45, 7) is 18.7. The molecule has 3 aromatic carbocycles. The highest BCUT2D eigenvalue weighted by molar-refractivity contribution is 7.57. The van der Waals surface area contributed by atoms with Gasteiger partial charge in [-0.05, 0) is 152 Å². The number of amides is 4. The summed E-state index contributed by atoms with van der Waals surface area (Å²) >= 11 is 34.9. The number of anilines is 5. The van der Waals surface area contributed by atoms with Crippen LogP contribution in [-0.4, -0.2) is 142 Å². The third kappa shape index (κ3) is 22.9. The lowest BCUT2D eigenvalue weighted by atomic mass is 9.93. The van der Waals surface area contributed by atoms with Crippen molar-refractivity contribution < 1.29 is 57.5 Å². The second-order valence-corrected chi connectivity index (χ2v) is 25.0. The molecule has 3 aliphatic rings. The van der Waals surface area contributed by atoms with Crippen LogP contribution in [0.2, 0.25) is 10.3 Å². The maximum Gasteiger partial charge on any atom is 0.349 e. The normalized spacial score (nSPS) is 15.7. The first kappa shape index (κ1) is 74.7. The van der Waals surface area contributed by atoms with Crippen LogP contribution in [0.15, 0.2) is 76.8 Å². The molecule has 0 fully saturated rings. The van der Waals surface area contributed by atoms with Gasteiger partial charge in [-0.1, -0.05) is 83.7 Å². The van der Waals surface area contributed by atoms with E-state index in [2.05, 4.69) is 38.6 Å². The molecule has 0 spiro atoms. The van der Waals surface area contributed by atoms with Gasteiger partial charge in [0, 0.05) is 48.7 Å².